The lowest BCUT2D eigenvalue weighted by molar-refractivity contribution is -0.147. The third kappa shape index (κ3) is 4.83. The minimum Gasteiger partial charge on any atom is -0.481 e. The van der Waals surface area contributed by atoms with Gasteiger partial charge in [0.25, 0.3) is 0 Å². The number of likely N-dealkylation sites (tertiary alicyclic amines) is 1. The fourth-order valence-corrected chi connectivity index (χ4v) is 4.97. The number of amides is 2. The molecule has 7 heteroatoms. The van der Waals surface area contributed by atoms with Crippen LogP contribution in [-0.2, 0) is 14.3 Å². The van der Waals surface area contributed by atoms with E-state index in [2.05, 4.69) is 29.6 Å². The van der Waals surface area contributed by atoms with E-state index in [0.717, 1.165) is 11.1 Å². The molecular weight excluding hydrogens is 432 g/mol. The molecule has 2 amide bonds. The minimum absolute atomic E-state index is 0.00674. The summed E-state index contributed by atoms with van der Waals surface area (Å²) in [5.41, 5.74) is 5.16. The Morgan fingerprint density at radius 2 is 1.71 bits per heavy atom. The number of hydrogen-bond acceptors (Lipinski definition) is 4. The lowest BCUT2D eigenvalue weighted by atomic mass is 9.87. The number of benzene rings is 2. The van der Waals surface area contributed by atoms with Gasteiger partial charge in [-0.3, -0.25) is 9.59 Å². The summed E-state index contributed by atoms with van der Waals surface area (Å²) in [4.78, 5) is 38.0. The monoisotopic (exact) mass is 462 g/mol. The van der Waals surface area contributed by atoms with Crippen LogP contribution < -0.4 is 5.32 Å². The van der Waals surface area contributed by atoms with Gasteiger partial charge in [-0.05, 0) is 41.5 Å². The molecule has 1 aliphatic carbocycles. The second kappa shape index (κ2) is 10.1. The van der Waals surface area contributed by atoms with Gasteiger partial charge in [0.1, 0.15) is 6.61 Å². The van der Waals surface area contributed by atoms with E-state index in [1.54, 1.807) is 17.9 Å². The molecule has 178 valence electrons. The Kier molecular flexibility index (Phi) is 7.01. The Labute approximate surface area is 199 Å². The van der Waals surface area contributed by atoms with Crippen LogP contribution in [0.5, 0.6) is 0 Å². The third-order valence-corrected chi connectivity index (χ3v) is 6.85. The summed E-state index contributed by atoms with van der Waals surface area (Å²) in [5.74, 6) is -1.46. The predicted molar refractivity (Wildman–Crippen MR) is 128 cm³/mol. The average Bonchev–Trinajstić information content (AvgIpc) is 3.15. The van der Waals surface area contributed by atoms with Gasteiger partial charge in [0.15, 0.2) is 0 Å². The highest BCUT2D eigenvalue weighted by molar-refractivity contribution is 5.93. The molecule has 2 aliphatic rings. The van der Waals surface area contributed by atoms with Crippen LogP contribution >= 0.6 is 0 Å². The Morgan fingerprint density at radius 1 is 1.09 bits per heavy atom. The molecule has 2 aromatic rings. The number of nitrogens with zero attached hydrogens (tertiary/aromatic N) is 1. The van der Waals surface area contributed by atoms with Crippen LogP contribution in [-0.4, -0.2) is 54.2 Å². The van der Waals surface area contributed by atoms with Crippen LogP contribution in [0.15, 0.2) is 60.2 Å². The first-order valence-corrected chi connectivity index (χ1v) is 11.6. The number of fused-ring (bicyclic) bond motifs is 3. The van der Waals surface area contributed by atoms with Crippen LogP contribution in [0.2, 0.25) is 0 Å². The number of carbonyl (C=O) groups excluding carboxylic acids is 2. The van der Waals surface area contributed by atoms with Crippen molar-refractivity contribution < 1.29 is 24.2 Å². The van der Waals surface area contributed by atoms with Crippen molar-refractivity contribution in [3.8, 4) is 11.1 Å². The van der Waals surface area contributed by atoms with Gasteiger partial charge in [0.2, 0.25) is 5.91 Å². The second-order valence-corrected chi connectivity index (χ2v) is 9.06. The number of alkyl carbamates (subject to hydrolysis) is 1. The molecule has 1 aliphatic heterocycles. The molecule has 0 radical (unpaired) electrons. The van der Waals surface area contributed by atoms with E-state index < -0.39 is 18.0 Å². The normalized spacial score (nSPS) is 19.8. The largest absolute Gasteiger partial charge is 0.481 e. The molecule has 0 spiro atoms. The smallest absolute Gasteiger partial charge is 0.407 e. The molecule has 0 saturated carbocycles. The topological polar surface area (TPSA) is 95.9 Å². The molecule has 2 aromatic carbocycles. The Bertz CT molecular complexity index is 1080. The molecular formula is C27H30N2O5. The number of carboxylic acid groups (broad SMARTS) is 1. The van der Waals surface area contributed by atoms with Crippen LogP contribution in [0, 0.1) is 11.8 Å². The molecule has 34 heavy (non-hydrogen) atoms. The molecule has 2 atom stereocenters. The second-order valence-electron chi connectivity index (χ2n) is 9.06. The summed E-state index contributed by atoms with van der Waals surface area (Å²) >= 11 is 0. The number of ether oxygens (including phenoxy) is 1. The first-order valence-electron chi connectivity index (χ1n) is 11.6. The minimum atomic E-state index is -0.806. The van der Waals surface area contributed by atoms with Crippen molar-refractivity contribution in [2.45, 2.75) is 26.2 Å². The fraction of sp³-hybridized carbons (Fsp3) is 0.370. The third-order valence-electron chi connectivity index (χ3n) is 6.85. The van der Waals surface area contributed by atoms with Crippen LogP contribution in [0.4, 0.5) is 4.79 Å². The highest BCUT2D eigenvalue weighted by Gasteiger charge is 2.33. The van der Waals surface area contributed by atoms with Crippen LogP contribution in [0.25, 0.3) is 11.1 Å². The van der Waals surface area contributed by atoms with E-state index >= 15 is 0 Å². The van der Waals surface area contributed by atoms with Gasteiger partial charge in [-0.25, -0.2) is 4.79 Å². The zero-order chi connectivity index (χ0) is 24.2. The van der Waals surface area contributed by atoms with Gasteiger partial charge >= 0.3 is 12.1 Å². The zero-order valence-electron chi connectivity index (χ0n) is 19.5. The van der Waals surface area contributed by atoms with Gasteiger partial charge in [-0.2, -0.15) is 0 Å². The van der Waals surface area contributed by atoms with E-state index in [4.69, 9.17) is 4.74 Å². The number of nitrogens with one attached hydrogen (secondary N) is 1. The number of carbonyl (C=O) groups is 3. The van der Waals surface area contributed by atoms with Crippen molar-refractivity contribution in [2.24, 2.45) is 11.8 Å². The molecule has 1 heterocycles. The zero-order valence-corrected chi connectivity index (χ0v) is 19.5. The number of hydrogen-bond donors (Lipinski definition) is 2. The number of piperidine rings is 1. The lowest BCUT2D eigenvalue weighted by Crippen LogP contribution is -2.45. The van der Waals surface area contributed by atoms with E-state index in [9.17, 15) is 19.5 Å². The summed E-state index contributed by atoms with van der Waals surface area (Å²) in [5, 5.41) is 11.9. The summed E-state index contributed by atoms with van der Waals surface area (Å²) in [6.07, 6.45) is 1.58. The van der Waals surface area contributed by atoms with Crippen molar-refractivity contribution >= 4 is 18.0 Å². The standard InChI is InChI=1S/C27H30N2O5/c1-17(25(30)29-14-12-19(26(31)32)18(2)15-29)11-13-28-27(33)34-16-24-22-9-5-3-7-20(22)21-8-4-6-10-23(21)24/h3-11,18-19,24H,12-16H2,1-2H3,(H,28,33)(H,31,32)/b17-11+. The van der Waals surface area contributed by atoms with Crippen molar-refractivity contribution in [1.29, 1.82) is 0 Å². The van der Waals surface area contributed by atoms with E-state index in [1.165, 1.54) is 11.1 Å². The maximum Gasteiger partial charge on any atom is 0.407 e. The molecule has 2 unspecified atom stereocenters. The van der Waals surface area contributed by atoms with E-state index in [1.807, 2.05) is 31.2 Å². The van der Waals surface area contributed by atoms with Gasteiger partial charge in [-0.15, -0.1) is 0 Å². The summed E-state index contributed by atoms with van der Waals surface area (Å²) in [6.45, 7) is 4.81. The summed E-state index contributed by atoms with van der Waals surface area (Å²) in [7, 11) is 0. The van der Waals surface area contributed by atoms with Crippen LogP contribution in [0.1, 0.15) is 37.3 Å². The van der Waals surface area contributed by atoms with Gasteiger partial charge in [0, 0.05) is 31.1 Å². The quantitative estimate of drug-likeness (QED) is 0.632. The van der Waals surface area contributed by atoms with E-state index in [0.29, 0.717) is 25.1 Å². The molecule has 0 bridgehead atoms. The van der Waals surface area contributed by atoms with Crippen molar-refractivity contribution in [2.75, 3.05) is 26.2 Å². The Morgan fingerprint density at radius 3 is 2.29 bits per heavy atom. The van der Waals surface area contributed by atoms with Gasteiger partial charge < -0.3 is 20.1 Å². The maximum atomic E-state index is 12.7. The Balaban J connectivity index is 1.28. The van der Waals surface area contributed by atoms with E-state index in [-0.39, 0.29) is 30.9 Å². The molecule has 1 saturated heterocycles. The number of carboxylic acids is 1. The van der Waals surface area contributed by atoms with Gasteiger partial charge in [-0.1, -0.05) is 61.5 Å². The summed E-state index contributed by atoms with van der Waals surface area (Å²) < 4.78 is 5.52. The lowest BCUT2D eigenvalue weighted by Gasteiger charge is -2.35. The number of rotatable bonds is 6. The molecule has 1 fully saturated rings. The number of aliphatic carboxylic acids is 1. The maximum absolute atomic E-state index is 12.7. The summed E-state index contributed by atoms with van der Waals surface area (Å²) in [6, 6.07) is 16.3. The van der Waals surface area contributed by atoms with Crippen LogP contribution in [0.3, 0.4) is 0 Å². The van der Waals surface area contributed by atoms with Gasteiger partial charge in [0.05, 0.1) is 5.92 Å². The first-order chi connectivity index (χ1) is 16.4. The molecule has 7 nitrogen and oxygen atoms in total. The highest BCUT2D eigenvalue weighted by atomic mass is 16.5. The SMILES string of the molecule is C/C(=C\CNC(=O)OCC1c2ccccc2-c2ccccc21)C(=O)N1CCC(C(=O)O)C(C)C1. The predicted octanol–water partition coefficient (Wildman–Crippen LogP) is 4.04. The average molecular weight is 463 g/mol. The highest BCUT2D eigenvalue weighted by Crippen LogP contribution is 2.44. The van der Waals surface area contributed by atoms with Crippen molar-refractivity contribution in [3.05, 3.63) is 71.3 Å². The molecule has 4 rings (SSSR count). The molecule has 0 aromatic heterocycles. The molecule has 2 N–H and O–H groups in total. The Hall–Kier alpha value is -3.61. The van der Waals surface area contributed by atoms with Crippen molar-refractivity contribution in [3.63, 3.8) is 0 Å². The first kappa shape index (κ1) is 23.5. The van der Waals surface area contributed by atoms with Crippen molar-refractivity contribution in [1.82, 2.24) is 10.2 Å². The fourth-order valence-electron chi connectivity index (χ4n) is 4.97.